The number of guanidine groups is 1. The van der Waals surface area contributed by atoms with E-state index in [0.29, 0.717) is 17.5 Å². The predicted octanol–water partition coefficient (Wildman–Crippen LogP) is 3.49. The fraction of sp³-hybridized carbons (Fsp3) is 0.947. The normalized spacial score (nSPS) is 16.3. The molecule has 1 aliphatic carbocycles. The Balaban J connectivity index is 0.00000576. The highest BCUT2D eigenvalue weighted by Gasteiger charge is 2.41. The predicted molar refractivity (Wildman–Crippen MR) is 119 cm³/mol. The van der Waals surface area contributed by atoms with E-state index in [2.05, 4.69) is 57.1 Å². The first-order valence-electron chi connectivity index (χ1n) is 9.79. The Kier molecular flexibility index (Phi) is 13.1. The molecule has 0 aromatic heterocycles. The first kappa shape index (κ1) is 24.9. The van der Waals surface area contributed by atoms with Gasteiger partial charge in [0.2, 0.25) is 0 Å². The molecular weight excluding hydrogens is 427 g/mol. The lowest BCUT2D eigenvalue weighted by Crippen LogP contribution is -2.45. The molecule has 1 aliphatic rings. The number of halogens is 1. The van der Waals surface area contributed by atoms with Gasteiger partial charge in [0.05, 0.1) is 0 Å². The van der Waals surface area contributed by atoms with Crippen LogP contribution in [0.2, 0.25) is 0 Å². The number of nitrogens with zero attached hydrogens (tertiary/aromatic N) is 2. The third kappa shape index (κ3) is 9.99. The Hall–Kier alpha value is -0.0800. The van der Waals surface area contributed by atoms with Crippen LogP contribution in [0.4, 0.5) is 0 Å². The van der Waals surface area contributed by atoms with Crippen LogP contribution in [-0.4, -0.2) is 62.3 Å². The van der Waals surface area contributed by atoms with E-state index >= 15 is 0 Å². The highest BCUT2D eigenvalue weighted by atomic mass is 127. The van der Waals surface area contributed by atoms with Crippen LogP contribution in [0, 0.1) is 5.41 Å². The Labute approximate surface area is 172 Å². The molecule has 0 bridgehead atoms. The van der Waals surface area contributed by atoms with E-state index < -0.39 is 0 Å². The summed E-state index contributed by atoms with van der Waals surface area (Å²) in [5, 5.41) is 6.87. The maximum Gasteiger partial charge on any atom is 0.191 e. The summed E-state index contributed by atoms with van der Waals surface area (Å²) in [5.41, 5.74) is 0.402. The van der Waals surface area contributed by atoms with E-state index in [0.717, 1.165) is 51.8 Å². The van der Waals surface area contributed by atoms with Crippen molar-refractivity contribution in [1.82, 2.24) is 15.5 Å². The molecule has 1 rings (SSSR count). The Morgan fingerprint density at radius 3 is 2.24 bits per heavy atom. The summed E-state index contributed by atoms with van der Waals surface area (Å²) < 4.78 is 5.51. The lowest BCUT2D eigenvalue weighted by atomic mass is 10.0. The molecule has 0 atom stereocenters. The molecule has 0 amide bonds. The fourth-order valence-electron chi connectivity index (χ4n) is 3.10. The van der Waals surface area contributed by atoms with Crippen molar-refractivity contribution in [3.63, 3.8) is 0 Å². The third-order valence-corrected chi connectivity index (χ3v) is 4.84. The van der Waals surface area contributed by atoms with Gasteiger partial charge in [0.1, 0.15) is 0 Å². The minimum atomic E-state index is 0. The van der Waals surface area contributed by atoms with Gasteiger partial charge in [-0.3, -0.25) is 9.89 Å². The summed E-state index contributed by atoms with van der Waals surface area (Å²) in [7, 11) is 0. The van der Waals surface area contributed by atoms with Gasteiger partial charge in [-0.05, 0) is 66.2 Å². The van der Waals surface area contributed by atoms with E-state index in [9.17, 15) is 0 Å². The van der Waals surface area contributed by atoms with Crippen LogP contribution in [0.15, 0.2) is 4.99 Å². The van der Waals surface area contributed by atoms with Crippen LogP contribution in [0.5, 0.6) is 0 Å². The number of rotatable bonds is 12. The maximum absolute atomic E-state index is 5.51. The second kappa shape index (κ2) is 13.1. The summed E-state index contributed by atoms with van der Waals surface area (Å²) in [6.07, 6.45) is 3.72. The van der Waals surface area contributed by atoms with Crippen molar-refractivity contribution in [2.24, 2.45) is 10.4 Å². The molecule has 150 valence electrons. The van der Waals surface area contributed by atoms with E-state index in [1.54, 1.807) is 0 Å². The third-order valence-electron chi connectivity index (χ3n) is 4.84. The van der Waals surface area contributed by atoms with E-state index in [1.807, 2.05) is 0 Å². The maximum atomic E-state index is 5.51. The van der Waals surface area contributed by atoms with Gasteiger partial charge in [-0.2, -0.15) is 0 Å². The first-order chi connectivity index (χ1) is 11.4. The van der Waals surface area contributed by atoms with Crippen LogP contribution in [-0.2, 0) is 4.74 Å². The average molecular weight is 468 g/mol. The molecular formula is C19H41IN4O. The highest BCUT2D eigenvalue weighted by molar-refractivity contribution is 14.0. The van der Waals surface area contributed by atoms with Crippen molar-refractivity contribution in [3.05, 3.63) is 0 Å². The highest BCUT2D eigenvalue weighted by Crippen LogP contribution is 2.48. The van der Waals surface area contributed by atoms with E-state index in [1.165, 1.54) is 12.8 Å². The standard InChI is InChI=1S/C19H40N4O.HI/c1-7-20-18(21-12-13-23(16(3)4)17(5)6)22-15-19(9-10-19)11-14-24-8-2;/h16-17H,7-15H2,1-6H3,(H2,20,21,22);1H. The topological polar surface area (TPSA) is 48.9 Å². The molecule has 1 saturated carbocycles. The molecule has 0 aromatic rings. The quantitative estimate of drug-likeness (QED) is 0.199. The Morgan fingerprint density at radius 1 is 1.12 bits per heavy atom. The lowest BCUT2D eigenvalue weighted by molar-refractivity contribution is 0.129. The molecule has 0 aromatic carbocycles. The van der Waals surface area contributed by atoms with Gasteiger partial charge in [-0.25, -0.2) is 0 Å². The monoisotopic (exact) mass is 468 g/mol. The molecule has 0 aliphatic heterocycles. The second-order valence-corrected chi connectivity index (χ2v) is 7.49. The van der Waals surface area contributed by atoms with Crippen LogP contribution < -0.4 is 10.6 Å². The van der Waals surface area contributed by atoms with Crippen LogP contribution in [0.3, 0.4) is 0 Å². The largest absolute Gasteiger partial charge is 0.382 e. The second-order valence-electron chi connectivity index (χ2n) is 7.49. The van der Waals surface area contributed by atoms with Crippen molar-refractivity contribution >= 4 is 29.9 Å². The molecule has 0 unspecified atom stereocenters. The molecule has 25 heavy (non-hydrogen) atoms. The number of nitrogens with one attached hydrogen (secondary N) is 2. The Bertz CT molecular complexity index is 362. The molecule has 1 fully saturated rings. The average Bonchev–Trinajstić information content (AvgIpc) is 3.29. The number of hydrogen-bond acceptors (Lipinski definition) is 3. The van der Waals surface area contributed by atoms with Crippen LogP contribution >= 0.6 is 24.0 Å². The SMILES string of the molecule is CCNC(=NCC1(CCOCC)CC1)NCCN(C(C)C)C(C)C.I. The van der Waals surface area contributed by atoms with Crippen LogP contribution in [0.25, 0.3) is 0 Å². The number of ether oxygens (including phenoxy) is 1. The van der Waals surface area contributed by atoms with Gasteiger partial charge in [0.15, 0.2) is 5.96 Å². The zero-order valence-electron chi connectivity index (χ0n) is 17.2. The van der Waals surface area contributed by atoms with Crippen molar-refractivity contribution in [2.75, 3.05) is 39.4 Å². The number of aliphatic imine (C=N–C) groups is 1. The molecule has 6 heteroatoms. The van der Waals surface area contributed by atoms with Crippen LogP contribution in [0.1, 0.15) is 60.8 Å². The van der Waals surface area contributed by atoms with Crippen molar-refractivity contribution in [2.45, 2.75) is 72.9 Å². The van der Waals surface area contributed by atoms with Gasteiger partial charge >= 0.3 is 0 Å². The van der Waals surface area contributed by atoms with Gasteiger partial charge in [0.25, 0.3) is 0 Å². The van der Waals surface area contributed by atoms with Crippen molar-refractivity contribution in [3.8, 4) is 0 Å². The van der Waals surface area contributed by atoms with Gasteiger partial charge in [-0.1, -0.05) is 0 Å². The Morgan fingerprint density at radius 2 is 1.76 bits per heavy atom. The van der Waals surface area contributed by atoms with Gasteiger partial charge in [-0.15, -0.1) is 24.0 Å². The molecule has 0 spiro atoms. The summed E-state index contributed by atoms with van der Waals surface area (Å²) in [6, 6.07) is 1.14. The zero-order chi connectivity index (χ0) is 18.0. The zero-order valence-corrected chi connectivity index (χ0v) is 19.6. The fourth-order valence-corrected chi connectivity index (χ4v) is 3.10. The lowest BCUT2D eigenvalue weighted by Gasteiger charge is -2.30. The van der Waals surface area contributed by atoms with E-state index in [4.69, 9.17) is 9.73 Å². The van der Waals surface area contributed by atoms with Crippen molar-refractivity contribution in [1.29, 1.82) is 0 Å². The molecule has 0 radical (unpaired) electrons. The minimum absolute atomic E-state index is 0. The summed E-state index contributed by atoms with van der Waals surface area (Å²) in [6.45, 7) is 18.7. The van der Waals surface area contributed by atoms with Gasteiger partial charge in [0, 0.05) is 51.5 Å². The molecule has 5 nitrogen and oxygen atoms in total. The smallest absolute Gasteiger partial charge is 0.191 e. The molecule has 2 N–H and O–H groups in total. The number of hydrogen-bond donors (Lipinski definition) is 2. The first-order valence-corrected chi connectivity index (χ1v) is 9.79. The summed E-state index contributed by atoms with van der Waals surface area (Å²) in [5.74, 6) is 0.952. The summed E-state index contributed by atoms with van der Waals surface area (Å²) in [4.78, 5) is 7.33. The van der Waals surface area contributed by atoms with Crippen molar-refractivity contribution < 1.29 is 4.74 Å². The molecule has 0 heterocycles. The van der Waals surface area contributed by atoms with Gasteiger partial charge < -0.3 is 15.4 Å². The molecule has 0 saturated heterocycles. The summed E-state index contributed by atoms with van der Waals surface area (Å²) >= 11 is 0. The minimum Gasteiger partial charge on any atom is -0.382 e. The van der Waals surface area contributed by atoms with E-state index in [-0.39, 0.29) is 24.0 Å².